The number of ether oxygens (including phenoxy) is 1. The zero-order chi connectivity index (χ0) is 24.2. The smallest absolute Gasteiger partial charge is 0.337 e. The lowest BCUT2D eigenvalue weighted by molar-refractivity contribution is -0.144. The predicted molar refractivity (Wildman–Crippen MR) is 129 cm³/mol. The third kappa shape index (κ3) is 3.89. The van der Waals surface area contributed by atoms with E-state index < -0.39 is 11.9 Å². The highest BCUT2D eigenvalue weighted by Crippen LogP contribution is 2.46. The second-order valence-corrected chi connectivity index (χ2v) is 10.8. The van der Waals surface area contributed by atoms with E-state index in [1.807, 2.05) is 19.9 Å². The van der Waals surface area contributed by atoms with Gasteiger partial charge < -0.3 is 14.5 Å². The first-order valence-electron chi connectivity index (χ1n) is 12.1. The first kappa shape index (κ1) is 22.6. The Labute approximate surface area is 199 Å². The van der Waals surface area contributed by atoms with Gasteiger partial charge in [-0.2, -0.15) is 0 Å². The molecule has 0 saturated heterocycles. The van der Waals surface area contributed by atoms with Gasteiger partial charge in [-0.15, -0.1) is 0 Å². The van der Waals surface area contributed by atoms with Gasteiger partial charge in [0.1, 0.15) is 11.7 Å². The topological polar surface area (TPSA) is 85.6 Å². The molecule has 0 unspecified atom stereocenters. The largest absolute Gasteiger partial charge is 0.464 e. The summed E-state index contributed by atoms with van der Waals surface area (Å²) in [6.07, 6.45) is 6.06. The lowest BCUT2D eigenvalue weighted by Crippen LogP contribution is -2.40. The molecule has 2 aliphatic carbocycles. The fraction of sp³-hybridized carbons (Fsp3) is 0.464. The minimum atomic E-state index is -0.810. The number of benzene rings is 1. The van der Waals surface area contributed by atoms with Gasteiger partial charge in [-0.3, -0.25) is 9.59 Å². The van der Waals surface area contributed by atoms with Gasteiger partial charge in [-0.05, 0) is 63.5 Å². The van der Waals surface area contributed by atoms with Crippen molar-refractivity contribution in [2.45, 2.75) is 78.2 Å². The average molecular weight is 462 g/mol. The quantitative estimate of drug-likeness (QED) is 0.633. The number of allylic oxidation sites excluding steroid dienone is 3. The van der Waals surface area contributed by atoms with Crippen LogP contribution < -0.4 is 10.7 Å². The summed E-state index contributed by atoms with van der Waals surface area (Å²) in [5.74, 6) is -1.32. The van der Waals surface area contributed by atoms with Crippen LogP contribution in [0.15, 0.2) is 56.2 Å². The Bertz CT molecular complexity index is 1320. The number of carbonyl (C=O) groups is 2. The molecule has 1 atom stereocenters. The Morgan fingerprint density at radius 3 is 2.59 bits per heavy atom. The lowest BCUT2D eigenvalue weighted by Gasteiger charge is -2.39. The fourth-order valence-corrected chi connectivity index (χ4v) is 5.70. The summed E-state index contributed by atoms with van der Waals surface area (Å²) in [5, 5.41) is 3.78. The Balaban J connectivity index is 1.69. The molecule has 1 aromatic heterocycles. The maximum Gasteiger partial charge on any atom is 0.337 e. The molecule has 178 valence electrons. The van der Waals surface area contributed by atoms with Crippen LogP contribution in [0, 0.1) is 12.3 Å². The summed E-state index contributed by atoms with van der Waals surface area (Å²) in [5.41, 5.74) is 3.52. The van der Waals surface area contributed by atoms with Crippen molar-refractivity contribution in [3.63, 3.8) is 0 Å². The molecule has 0 amide bonds. The molecule has 1 N–H and O–H groups in total. The van der Waals surface area contributed by atoms with Crippen LogP contribution in [0.5, 0.6) is 0 Å². The lowest BCUT2D eigenvalue weighted by atomic mass is 9.68. The van der Waals surface area contributed by atoms with Crippen LogP contribution in [0.2, 0.25) is 0 Å². The van der Waals surface area contributed by atoms with E-state index >= 15 is 0 Å². The SMILES string of the molecule is CC1=C(C(=O)OC2CCCC2)[C@@H](c2coc3ccc(C)cc3c2=O)C2=C(CC(C)(C)CC2=O)N1. The van der Waals surface area contributed by atoms with Gasteiger partial charge in [0.2, 0.25) is 0 Å². The fourth-order valence-electron chi connectivity index (χ4n) is 5.70. The van der Waals surface area contributed by atoms with Crippen LogP contribution >= 0.6 is 0 Å². The van der Waals surface area contributed by atoms with Crippen molar-refractivity contribution in [2.24, 2.45) is 5.41 Å². The Morgan fingerprint density at radius 2 is 1.85 bits per heavy atom. The van der Waals surface area contributed by atoms with E-state index in [9.17, 15) is 14.4 Å². The third-order valence-corrected chi connectivity index (χ3v) is 7.30. The third-order valence-electron chi connectivity index (χ3n) is 7.30. The van der Waals surface area contributed by atoms with Crippen molar-refractivity contribution in [2.75, 3.05) is 0 Å². The normalized spacial score (nSPS) is 22.7. The number of dihydropyridines is 1. The summed E-state index contributed by atoms with van der Waals surface area (Å²) in [6, 6.07) is 5.45. The van der Waals surface area contributed by atoms with Crippen LogP contribution in [-0.2, 0) is 14.3 Å². The molecule has 3 aliphatic rings. The highest BCUT2D eigenvalue weighted by Gasteiger charge is 2.44. The number of esters is 1. The van der Waals surface area contributed by atoms with Crippen molar-refractivity contribution < 1.29 is 18.7 Å². The number of fused-ring (bicyclic) bond motifs is 1. The zero-order valence-electron chi connectivity index (χ0n) is 20.2. The molecule has 1 aliphatic heterocycles. The van der Waals surface area contributed by atoms with Gasteiger partial charge in [0.25, 0.3) is 0 Å². The zero-order valence-corrected chi connectivity index (χ0v) is 20.2. The molecular formula is C28H31NO5. The molecule has 2 aromatic rings. The average Bonchev–Trinajstić information content (AvgIpc) is 3.25. The number of rotatable bonds is 3. The molecule has 2 heterocycles. The Kier molecular flexibility index (Phi) is 5.50. The van der Waals surface area contributed by atoms with Gasteiger partial charge in [0, 0.05) is 29.0 Å². The van der Waals surface area contributed by atoms with Gasteiger partial charge in [0.05, 0.1) is 23.1 Å². The van der Waals surface area contributed by atoms with Crippen LogP contribution in [0.3, 0.4) is 0 Å². The van der Waals surface area contributed by atoms with Crippen molar-refractivity contribution in [1.82, 2.24) is 5.32 Å². The molecule has 0 spiro atoms. The van der Waals surface area contributed by atoms with E-state index in [1.54, 1.807) is 12.1 Å². The number of hydrogen-bond acceptors (Lipinski definition) is 6. The van der Waals surface area contributed by atoms with E-state index in [2.05, 4.69) is 19.2 Å². The highest BCUT2D eigenvalue weighted by atomic mass is 16.5. The molecule has 1 aromatic carbocycles. The van der Waals surface area contributed by atoms with Gasteiger partial charge in [0.15, 0.2) is 11.2 Å². The first-order chi connectivity index (χ1) is 16.1. The molecule has 1 saturated carbocycles. The standard InChI is InChI=1S/C28H31NO5/c1-15-9-10-22-18(11-15)26(31)19(14-33-22)24-23(27(32)34-17-7-5-6-8-17)16(2)29-20-12-28(3,4)13-21(30)25(20)24/h9-11,14,17,24,29H,5-8,12-13H2,1-4H3/t24-/m1/s1. The molecule has 5 rings (SSSR count). The summed E-state index contributed by atoms with van der Waals surface area (Å²) in [6.45, 7) is 7.85. The Morgan fingerprint density at radius 1 is 1.12 bits per heavy atom. The van der Waals surface area contributed by atoms with Crippen molar-refractivity contribution >= 4 is 22.7 Å². The van der Waals surface area contributed by atoms with Crippen LogP contribution in [0.25, 0.3) is 11.0 Å². The summed E-state index contributed by atoms with van der Waals surface area (Å²) < 4.78 is 11.7. The van der Waals surface area contributed by atoms with Crippen molar-refractivity contribution in [3.8, 4) is 0 Å². The second-order valence-electron chi connectivity index (χ2n) is 10.8. The van der Waals surface area contributed by atoms with E-state index in [1.165, 1.54) is 6.26 Å². The maximum absolute atomic E-state index is 13.7. The van der Waals surface area contributed by atoms with Gasteiger partial charge in [-0.25, -0.2) is 4.79 Å². The minimum Gasteiger partial charge on any atom is -0.464 e. The number of nitrogens with one attached hydrogen (secondary N) is 1. The highest BCUT2D eigenvalue weighted by molar-refractivity contribution is 6.04. The molecule has 0 radical (unpaired) electrons. The van der Waals surface area contributed by atoms with Crippen LogP contribution in [-0.4, -0.2) is 17.9 Å². The number of hydrogen-bond donors (Lipinski definition) is 1. The summed E-state index contributed by atoms with van der Waals surface area (Å²) in [7, 11) is 0. The Hall–Kier alpha value is -3.15. The van der Waals surface area contributed by atoms with Gasteiger partial charge in [-0.1, -0.05) is 25.5 Å². The number of ketones is 1. The van der Waals surface area contributed by atoms with Crippen molar-refractivity contribution in [1.29, 1.82) is 0 Å². The maximum atomic E-state index is 13.7. The minimum absolute atomic E-state index is 0.0499. The van der Waals surface area contributed by atoms with E-state index in [0.717, 1.165) is 36.9 Å². The summed E-state index contributed by atoms with van der Waals surface area (Å²) >= 11 is 0. The van der Waals surface area contributed by atoms with Gasteiger partial charge >= 0.3 is 5.97 Å². The number of Topliss-reactive ketones (excluding diaryl/α,β-unsaturated/α-hetero) is 1. The molecule has 34 heavy (non-hydrogen) atoms. The van der Waals surface area contributed by atoms with E-state index in [-0.39, 0.29) is 22.7 Å². The molecule has 1 fully saturated rings. The molecular weight excluding hydrogens is 430 g/mol. The molecule has 0 bridgehead atoms. The molecule has 6 nitrogen and oxygen atoms in total. The second kappa shape index (κ2) is 8.26. The van der Waals surface area contributed by atoms with Crippen LogP contribution in [0.1, 0.15) is 76.3 Å². The predicted octanol–water partition coefficient (Wildman–Crippen LogP) is 5.19. The summed E-state index contributed by atoms with van der Waals surface area (Å²) in [4.78, 5) is 40.7. The van der Waals surface area contributed by atoms with E-state index in [0.29, 0.717) is 46.2 Å². The first-order valence-corrected chi connectivity index (χ1v) is 12.1. The van der Waals surface area contributed by atoms with Crippen molar-refractivity contribution in [3.05, 3.63) is 68.4 Å². The number of carbonyl (C=O) groups excluding carboxylic acids is 2. The van der Waals surface area contributed by atoms with E-state index in [4.69, 9.17) is 9.15 Å². The molecule has 6 heteroatoms. The van der Waals surface area contributed by atoms with Crippen LogP contribution in [0.4, 0.5) is 0 Å². The monoisotopic (exact) mass is 461 g/mol. The number of aryl methyl sites for hydroxylation is 1.